The van der Waals surface area contributed by atoms with Crippen LogP contribution in [0.4, 0.5) is 0 Å². The fraction of sp³-hybridized carbons (Fsp3) is 1.00. The highest BCUT2D eigenvalue weighted by Crippen LogP contribution is 2.05. The first-order chi connectivity index (χ1) is 10.1. The third-order valence-electron chi connectivity index (χ3n) is 3.16. The number of rotatable bonds is 14. The second-order valence-corrected chi connectivity index (χ2v) is 4.75. The van der Waals surface area contributed by atoms with Crippen molar-refractivity contribution in [3.05, 3.63) is 0 Å². The minimum absolute atomic E-state index is 0.321. The van der Waals surface area contributed by atoms with Gasteiger partial charge in [0.2, 0.25) is 0 Å². The average Bonchev–Trinajstić information content (AvgIpc) is 2.52. The normalized spacial score (nSPS) is 17.4. The highest BCUT2D eigenvalue weighted by Gasteiger charge is 2.17. The maximum atomic E-state index is 9.44. The van der Waals surface area contributed by atoms with Gasteiger partial charge in [-0.15, -0.1) is 0 Å². The van der Waals surface area contributed by atoms with Gasteiger partial charge in [0.05, 0.1) is 51.8 Å². The molecule has 0 spiro atoms. The molecule has 7 nitrogen and oxygen atoms in total. The predicted octanol–water partition coefficient (Wildman–Crippen LogP) is -0.700. The molecule has 0 aromatic carbocycles. The molecule has 0 heterocycles. The Kier molecular flexibility index (Phi) is 13.2. The van der Waals surface area contributed by atoms with Gasteiger partial charge in [-0.2, -0.15) is 0 Å². The van der Waals surface area contributed by atoms with Crippen LogP contribution in [-0.4, -0.2) is 84.5 Å². The van der Waals surface area contributed by atoms with Crippen LogP contribution < -0.4 is 0 Å². The minimum atomic E-state index is -0.872. The molecular weight excluding hydrogens is 280 g/mol. The Labute approximate surface area is 126 Å². The molecule has 0 aliphatic carbocycles. The van der Waals surface area contributed by atoms with Gasteiger partial charge in [0, 0.05) is 0 Å². The minimum Gasteiger partial charge on any atom is -0.394 e. The molecule has 21 heavy (non-hydrogen) atoms. The first kappa shape index (κ1) is 20.7. The maximum absolute atomic E-state index is 9.44. The lowest BCUT2D eigenvalue weighted by atomic mass is 10.1. The second-order valence-electron chi connectivity index (χ2n) is 4.75. The summed E-state index contributed by atoms with van der Waals surface area (Å²) in [7, 11) is 0. The zero-order chi connectivity index (χ0) is 16.1. The third kappa shape index (κ3) is 9.36. The number of hydrogen-bond donors (Lipinski definition) is 4. The van der Waals surface area contributed by atoms with Gasteiger partial charge in [-0.25, -0.2) is 0 Å². The Morgan fingerprint density at radius 2 is 1.10 bits per heavy atom. The van der Waals surface area contributed by atoms with Gasteiger partial charge < -0.3 is 34.6 Å². The molecule has 0 saturated heterocycles. The molecular formula is C14H30O7. The standard InChI is InChI=1S/C14H30O7/c1-3-13(11(17)9-15)20-7-5-19-6-8-21-14(4-2)12(18)10-16/h11-18H,3-10H2,1-2H3. The van der Waals surface area contributed by atoms with Crippen molar-refractivity contribution in [1.29, 1.82) is 0 Å². The lowest BCUT2D eigenvalue weighted by molar-refractivity contribution is -0.0889. The highest BCUT2D eigenvalue weighted by atomic mass is 16.6. The van der Waals surface area contributed by atoms with Crippen LogP contribution >= 0.6 is 0 Å². The van der Waals surface area contributed by atoms with Crippen molar-refractivity contribution in [3.63, 3.8) is 0 Å². The summed E-state index contributed by atoms with van der Waals surface area (Å²) in [4.78, 5) is 0. The fourth-order valence-electron chi connectivity index (χ4n) is 1.86. The van der Waals surface area contributed by atoms with E-state index in [4.69, 9.17) is 24.4 Å². The predicted molar refractivity (Wildman–Crippen MR) is 77.1 cm³/mol. The SMILES string of the molecule is CCC(OCCOCCOC(CC)C(O)CO)C(O)CO. The van der Waals surface area contributed by atoms with Gasteiger partial charge in [0.25, 0.3) is 0 Å². The van der Waals surface area contributed by atoms with E-state index in [2.05, 4.69) is 0 Å². The molecule has 0 bridgehead atoms. The monoisotopic (exact) mass is 310 g/mol. The molecule has 0 radical (unpaired) electrons. The molecule has 0 amide bonds. The van der Waals surface area contributed by atoms with E-state index in [1.165, 1.54) is 0 Å². The first-order valence-electron chi connectivity index (χ1n) is 7.49. The van der Waals surface area contributed by atoms with Gasteiger partial charge in [0.15, 0.2) is 0 Å². The molecule has 4 atom stereocenters. The molecule has 0 aliphatic heterocycles. The van der Waals surface area contributed by atoms with E-state index in [0.717, 1.165) is 0 Å². The van der Waals surface area contributed by atoms with Crippen LogP contribution in [0.3, 0.4) is 0 Å². The zero-order valence-corrected chi connectivity index (χ0v) is 13.0. The third-order valence-corrected chi connectivity index (χ3v) is 3.16. The van der Waals surface area contributed by atoms with E-state index in [0.29, 0.717) is 39.3 Å². The highest BCUT2D eigenvalue weighted by molar-refractivity contribution is 4.66. The van der Waals surface area contributed by atoms with Gasteiger partial charge in [-0.3, -0.25) is 0 Å². The molecule has 7 heteroatoms. The Morgan fingerprint density at radius 1 is 0.714 bits per heavy atom. The summed E-state index contributed by atoms with van der Waals surface area (Å²) in [6.45, 7) is 4.47. The smallest absolute Gasteiger partial charge is 0.103 e. The van der Waals surface area contributed by atoms with Crippen LogP contribution in [0.2, 0.25) is 0 Å². The molecule has 0 fully saturated rings. The topological polar surface area (TPSA) is 109 Å². The summed E-state index contributed by atoms with van der Waals surface area (Å²) in [6.07, 6.45) is -1.30. The van der Waals surface area contributed by atoms with Crippen LogP contribution in [0, 0.1) is 0 Å². The van der Waals surface area contributed by atoms with Crippen molar-refractivity contribution < 1.29 is 34.6 Å². The number of hydrogen-bond acceptors (Lipinski definition) is 7. The Hall–Kier alpha value is -0.280. The quantitative estimate of drug-likeness (QED) is 0.314. The van der Waals surface area contributed by atoms with E-state index in [1.807, 2.05) is 13.8 Å². The van der Waals surface area contributed by atoms with Crippen molar-refractivity contribution in [2.45, 2.75) is 51.1 Å². The molecule has 4 unspecified atom stereocenters. The van der Waals surface area contributed by atoms with E-state index in [1.54, 1.807) is 0 Å². The van der Waals surface area contributed by atoms with Crippen LogP contribution in [0.15, 0.2) is 0 Å². The molecule has 128 valence electrons. The molecule has 4 N–H and O–H groups in total. The lowest BCUT2D eigenvalue weighted by Gasteiger charge is -2.21. The summed E-state index contributed by atoms with van der Waals surface area (Å²) >= 11 is 0. The molecule has 0 rings (SSSR count). The largest absolute Gasteiger partial charge is 0.394 e. The maximum Gasteiger partial charge on any atom is 0.103 e. The van der Waals surface area contributed by atoms with E-state index in [-0.39, 0.29) is 25.4 Å². The zero-order valence-electron chi connectivity index (χ0n) is 13.0. The van der Waals surface area contributed by atoms with Crippen molar-refractivity contribution >= 4 is 0 Å². The Balaban J connectivity index is 3.59. The summed E-state index contributed by atoms with van der Waals surface area (Å²) in [5.41, 5.74) is 0. The van der Waals surface area contributed by atoms with Crippen LogP contribution in [0.25, 0.3) is 0 Å². The number of aliphatic hydroxyl groups excluding tert-OH is 4. The van der Waals surface area contributed by atoms with Crippen molar-refractivity contribution in [1.82, 2.24) is 0 Å². The second kappa shape index (κ2) is 13.4. The molecule has 0 aliphatic rings. The summed E-state index contributed by atoms with van der Waals surface area (Å²) in [5, 5.41) is 36.6. The fourth-order valence-corrected chi connectivity index (χ4v) is 1.86. The first-order valence-corrected chi connectivity index (χ1v) is 7.49. The van der Waals surface area contributed by atoms with Gasteiger partial charge >= 0.3 is 0 Å². The number of aliphatic hydroxyl groups is 4. The van der Waals surface area contributed by atoms with Crippen molar-refractivity contribution in [3.8, 4) is 0 Å². The van der Waals surface area contributed by atoms with Gasteiger partial charge in [-0.1, -0.05) is 13.8 Å². The van der Waals surface area contributed by atoms with Crippen LogP contribution in [-0.2, 0) is 14.2 Å². The van der Waals surface area contributed by atoms with Crippen molar-refractivity contribution in [2.24, 2.45) is 0 Å². The Bertz CT molecular complexity index is 205. The van der Waals surface area contributed by atoms with Crippen molar-refractivity contribution in [2.75, 3.05) is 39.6 Å². The van der Waals surface area contributed by atoms with E-state index >= 15 is 0 Å². The summed E-state index contributed by atoms with van der Waals surface area (Å²) in [5.74, 6) is 0. The summed E-state index contributed by atoms with van der Waals surface area (Å²) < 4.78 is 16.1. The number of ether oxygens (including phenoxy) is 3. The van der Waals surface area contributed by atoms with E-state index in [9.17, 15) is 10.2 Å². The van der Waals surface area contributed by atoms with Gasteiger partial charge in [-0.05, 0) is 12.8 Å². The Morgan fingerprint density at radius 3 is 1.38 bits per heavy atom. The average molecular weight is 310 g/mol. The lowest BCUT2D eigenvalue weighted by Crippen LogP contribution is -2.33. The van der Waals surface area contributed by atoms with Gasteiger partial charge in [0.1, 0.15) is 12.2 Å². The van der Waals surface area contributed by atoms with Crippen LogP contribution in [0.1, 0.15) is 26.7 Å². The van der Waals surface area contributed by atoms with Crippen LogP contribution in [0.5, 0.6) is 0 Å². The molecule has 0 aromatic rings. The molecule has 0 saturated carbocycles. The molecule has 0 aromatic heterocycles. The summed E-state index contributed by atoms with van der Waals surface area (Å²) in [6, 6.07) is 0. The van der Waals surface area contributed by atoms with E-state index < -0.39 is 12.2 Å².